The minimum absolute atomic E-state index is 0.0892. The van der Waals surface area contributed by atoms with Gasteiger partial charge in [0, 0.05) is 5.56 Å². The summed E-state index contributed by atoms with van der Waals surface area (Å²) in [5.41, 5.74) is 0.779. The molecule has 0 aliphatic carbocycles. The van der Waals surface area contributed by atoms with Gasteiger partial charge in [0.25, 0.3) is 5.91 Å². The third-order valence-corrected chi connectivity index (χ3v) is 4.20. The average Bonchev–Trinajstić information content (AvgIpc) is 3.25. The average molecular weight is 415 g/mol. The Bertz CT molecular complexity index is 1020. The van der Waals surface area contributed by atoms with Gasteiger partial charge < -0.3 is 28.1 Å². The lowest BCUT2D eigenvalue weighted by Crippen LogP contribution is -2.13. The highest BCUT2D eigenvalue weighted by molar-refractivity contribution is 6.05. The number of hydrogen-bond donors (Lipinski definition) is 1. The molecule has 158 valence electrons. The first kappa shape index (κ1) is 20.8. The summed E-state index contributed by atoms with van der Waals surface area (Å²) in [5.74, 6) is 1.67. The van der Waals surface area contributed by atoms with Crippen LogP contribution in [-0.2, 0) is 0 Å². The van der Waals surface area contributed by atoms with Gasteiger partial charge in [0.1, 0.15) is 0 Å². The van der Waals surface area contributed by atoms with Crippen molar-refractivity contribution in [1.29, 1.82) is 0 Å². The third kappa shape index (κ3) is 3.93. The first-order valence-electron chi connectivity index (χ1n) is 8.72. The Balaban J connectivity index is 1.88. The van der Waals surface area contributed by atoms with Gasteiger partial charge in [-0.2, -0.15) is 0 Å². The van der Waals surface area contributed by atoms with E-state index in [9.17, 15) is 4.79 Å². The van der Waals surface area contributed by atoms with Crippen LogP contribution < -0.4 is 29.0 Å². The van der Waals surface area contributed by atoms with Gasteiger partial charge in [-0.05, 0) is 24.3 Å². The Morgan fingerprint density at radius 3 is 2.03 bits per heavy atom. The van der Waals surface area contributed by atoms with Crippen molar-refractivity contribution in [3.8, 4) is 40.2 Å². The van der Waals surface area contributed by atoms with E-state index in [-0.39, 0.29) is 17.5 Å². The van der Waals surface area contributed by atoms with Crippen LogP contribution in [0.1, 0.15) is 10.4 Å². The first-order chi connectivity index (χ1) is 14.6. The summed E-state index contributed by atoms with van der Waals surface area (Å²) in [6, 6.07) is 8.18. The van der Waals surface area contributed by atoms with Crippen LogP contribution in [0.15, 0.2) is 34.7 Å². The molecule has 0 atom stereocenters. The topological polar surface area (TPSA) is 114 Å². The highest BCUT2D eigenvalue weighted by Crippen LogP contribution is 2.41. The molecule has 0 radical (unpaired) electrons. The number of carbonyl (C=O) groups is 1. The van der Waals surface area contributed by atoms with E-state index in [2.05, 4.69) is 15.5 Å². The number of para-hydroxylation sites is 1. The number of methoxy groups -OCH3 is 5. The van der Waals surface area contributed by atoms with Crippen LogP contribution in [0.5, 0.6) is 28.7 Å². The summed E-state index contributed by atoms with van der Waals surface area (Å²) in [6.07, 6.45) is 0. The quantitative estimate of drug-likeness (QED) is 0.593. The molecular formula is C20H21N3O7. The Labute approximate surface area is 172 Å². The molecule has 3 rings (SSSR count). The van der Waals surface area contributed by atoms with Crippen molar-refractivity contribution in [3.63, 3.8) is 0 Å². The first-order valence-corrected chi connectivity index (χ1v) is 8.72. The summed E-state index contributed by atoms with van der Waals surface area (Å²) in [7, 11) is 7.45. The van der Waals surface area contributed by atoms with Crippen molar-refractivity contribution in [1.82, 2.24) is 10.2 Å². The van der Waals surface area contributed by atoms with E-state index in [4.69, 9.17) is 28.1 Å². The van der Waals surface area contributed by atoms with Crippen molar-refractivity contribution in [2.24, 2.45) is 0 Å². The summed E-state index contributed by atoms with van der Waals surface area (Å²) in [5, 5.41) is 10.4. The molecule has 1 aromatic heterocycles. The Hall–Kier alpha value is -3.95. The molecule has 0 aliphatic heterocycles. The van der Waals surface area contributed by atoms with Gasteiger partial charge in [-0.25, -0.2) is 0 Å². The van der Waals surface area contributed by atoms with E-state index < -0.39 is 5.91 Å². The minimum Gasteiger partial charge on any atom is -0.493 e. The standard InChI is InChI=1S/C20H21N3O7/c1-25-13-8-6-7-12(16(13)28-4)18(24)21-20-23-22-19(30-20)11-9-14(26-2)17(29-5)15(10-11)27-3/h6-10H,1-5H3,(H,21,23,24). The minimum atomic E-state index is -0.495. The SMILES string of the molecule is COc1cc(-c2nnc(NC(=O)c3cccc(OC)c3OC)o2)cc(OC)c1OC. The molecule has 0 spiro atoms. The van der Waals surface area contributed by atoms with Crippen LogP contribution in [0.2, 0.25) is 0 Å². The van der Waals surface area contributed by atoms with Crippen molar-refractivity contribution >= 4 is 11.9 Å². The Kier molecular flexibility index (Phi) is 6.26. The van der Waals surface area contributed by atoms with Crippen molar-refractivity contribution in [3.05, 3.63) is 35.9 Å². The van der Waals surface area contributed by atoms with Gasteiger partial charge in [0.2, 0.25) is 11.6 Å². The van der Waals surface area contributed by atoms with Gasteiger partial charge in [0.15, 0.2) is 23.0 Å². The molecule has 1 heterocycles. The van der Waals surface area contributed by atoms with E-state index in [0.717, 1.165) is 0 Å². The summed E-state index contributed by atoms with van der Waals surface area (Å²) < 4.78 is 32.0. The zero-order chi connectivity index (χ0) is 21.7. The highest BCUT2D eigenvalue weighted by Gasteiger charge is 2.21. The van der Waals surface area contributed by atoms with Crippen LogP contribution >= 0.6 is 0 Å². The normalized spacial score (nSPS) is 10.3. The fourth-order valence-corrected chi connectivity index (χ4v) is 2.83. The van der Waals surface area contributed by atoms with Crippen molar-refractivity contribution in [2.75, 3.05) is 40.9 Å². The second-order valence-corrected chi connectivity index (χ2v) is 5.82. The van der Waals surface area contributed by atoms with Gasteiger partial charge in [-0.15, -0.1) is 5.10 Å². The van der Waals surface area contributed by atoms with Gasteiger partial charge >= 0.3 is 6.01 Å². The molecule has 30 heavy (non-hydrogen) atoms. The molecule has 1 N–H and O–H groups in total. The van der Waals surface area contributed by atoms with E-state index >= 15 is 0 Å². The number of amides is 1. The molecule has 0 saturated heterocycles. The van der Waals surface area contributed by atoms with E-state index in [0.29, 0.717) is 34.3 Å². The lowest BCUT2D eigenvalue weighted by Gasteiger charge is -2.12. The number of hydrogen-bond acceptors (Lipinski definition) is 9. The predicted molar refractivity (Wildman–Crippen MR) is 107 cm³/mol. The number of aromatic nitrogens is 2. The molecule has 1 amide bonds. The smallest absolute Gasteiger partial charge is 0.322 e. The van der Waals surface area contributed by atoms with Crippen LogP contribution in [0.4, 0.5) is 6.01 Å². The van der Waals surface area contributed by atoms with E-state index in [1.54, 1.807) is 30.3 Å². The molecule has 10 heteroatoms. The lowest BCUT2D eigenvalue weighted by atomic mass is 10.1. The van der Waals surface area contributed by atoms with Crippen LogP contribution in [-0.4, -0.2) is 51.7 Å². The number of benzene rings is 2. The number of nitrogens with one attached hydrogen (secondary N) is 1. The maximum atomic E-state index is 12.7. The second kappa shape index (κ2) is 9.03. The van der Waals surface area contributed by atoms with Gasteiger partial charge in [0.05, 0.1) is 41.1 Å². The monoisotopic (exact) mass is 415 g/mol. The molecule has 10 nitrogen and oxygen atoms in total. The molecule has 3 aromatic rings. The van der Waals surface area contributed by atoms with E-state index in [1.165, 1.54) is 35.5 Å². The number of nitrogens with zero attached hydrogens (tertiary/aromatic N) is 2. The largest absolute Gasteiger partial charge is 0.493 e. The molecule has 0 fully saturated rings. The zero-order valence-electron chi connectivity index (χ0n) is 17.1. The summed E-state index contributed by atoms with van der Waals surface area (Å²) >= 11 is 0. The number of ether oxygens (including phenoxy) is 5. The molecule has 2 aromatic carbocycles. The van der Waals surface area contributed by atoms with Crippen molar-refractivity contribution in [2.45, 2.75) is 0 Å². The molecule has 0 saturated carbocycles. The third-order valence-electron chi connectivity index (χ3n) is 4.20. The molecular weight excluding hydrogens is 394 g/mol. The van der Waals surface area contributed by atoms with Gasteiger partial charge in [-0.3, -0.25) is 10.1 Å². The summed E-state index contributed by atoms with van der Waals surface area (Å²) in [4.78, 5) is 12.7. The van der Waals surface area contributed by atoms with Gasteiger partial charge in [-0.1, -0.05) is 11.2 Å². The fraction of sp³-hybridized carbons (Fsp3) is 0.250. The van der Waals surface area contributed by atoms with E-state index in [1.807, 2.05) is 0 Å². The Morgan fingerprint density at radius 2 is 1.47 bits per heavy atom. The Morgan fingerprint density at radius 1 is 0.833 bits per heavy atom. The molecule has 0 unspecified atom stereocenters. The van der Waals surface area contributed by atoms with Crippen LogP contribution in [0.25, 0.3) is 11.5 Å². The van der Waals surface area contributed by atoms with Crippen LogP contribution in [0, 0.1) is 0 Å². The predicted octanol–water partition coefficient (Wildman–Crippen LogP) is 3.03. The molecule has 0 bridgehead atoms. The highest BCUT2D eigenvalue weighted by atomic mass is 16.5. The maximum Gasteiger partial charge on any atom is 0.322 e. The lowest BCUT2D eigenvalue weighted by molar-refractivity contribution is 0.102. The van der Waals surface area contributed by atoms with Crippen molar-refractivity contribution < 1.29 is 32.9 Å². The number of rotatable bonds is 8. The number of carbonyl (C=O) groups excluding carboxylic acids is 1. The molecule has 0 aliphatic rings. The zero-order valence-corrected chi connectivity index (χ0v) is 17.1. The maximum absolute atomic E-state index is 12.7. The number of anilines is 1. The second-order valence-electron chi connectivity index (χ2n) is 5.82. The fourth-order valence-electron chi connectivity index (χ4n) is 2.83. The summed E-state index contributed by atoms with van der Waals surface area (Å²) in [6.45, 7) is 0. The van der Waals surface area contributed by atoms with Crippen LogP contribution in [0.3, 0.4) is 0 Å².